The Kier molecular flexibility index (Phi) is 3.16. The van der Waals surface area contributed by atoms with Gasteiger partial charge in [0.1, 0.15) is 5.15 Å². The summed E-state index contributed by atoms with van der Waals surface area (Å²) in [7, 11) is 1.89. The van der Waals surface area contributed by atoms with Gasteiger partial charge in [-0.1, -0.05) is 23.7 Å². The summed E-state index contributed by atoms with van der Waals surface area (Å²) in [6, 6.07) is 8.05. The molecule has 4 aromatic rings. The van der Waals surface area contributed by atoms with E-state index in [4.69, 9.17) is 11.6 Å². The molecule has 6 heteroatoms. The molecule has 0 aliphatic heterocycles. The number of nitrogens with zero attached hydrogens (tertiary/aromatic N) is 5. The third kappa shape index (κ3) is 2.39. The van der Waals surface area contributed by atoms with Crippen LogP contribution in [-0.2, 0) is 7.05 Å². The normalized spacial score (nSPS) is 11.3. The molecule has 0 bridgehead atoms. The van der Waals surface area contributed by atoms with Crippen molar-refractivity contribution in [1.29, 1.82) is 0 Å². The molecule has 114 valence electrons. The van der Waals surface area contributed by atoms with Crippen molar-refractivity contribution in [3.05, 3.63) is 60.0 Å². The van der Waals surface area contributed by atoms with Crippen molar-refractivity contribution < 1.29 is 0 Å². The zero-order valence-electron chi connectivity index (χ0n) is 12.7. The third-order valence-electron chi connectivity index (χ3n) is 3.79. The van der Waals surface area contributed by atoms with E-state index >= 15 is 0 Å². The summed E-state index contributed by atoms with van der Waals surface area (Å²) in [5.74, 6) is 0. The van der Waals surface area contributed by atoms with E-state index in [0.717, 1.165) is 33.4 Å². The predicted octanol–water partition coefficient (Wildman–Crippen LogP) is 3.78. The minimum Gasteiger partial charge on any atom is -0.305 e. The van der Waals surface area contributed by atoms with E-state index < -0.39 is 0 Å². The molecule has 3 heterocycles. The SMILES string of the molecule is Cc1cc2c(-n3cnc(-c4cnn(C)c4)c3)cccc2c(Cl)n1. The summed E-state index contributed by atoms with van der Waals surface area (Å²) in [6.07, 6.45) is 7.55. The molecule has 5 nitrogen and oxygen atoms in total. The second kappa shape index (κ2) is 5.21. The van der Waals surface area contributed by atoms with E-state index in [1.807, 2.05) is 55.2 Å². The van der Waals surface area contributed by atoms with Gasteiger partial charge >= 0.3 is 0 Å². The number of benzene rings is 1. The number of rotatable bonds is 2. The lowest BCUT2D eigenvalue weighted by Gasteiger charge is -2.09. The van der Waals surface area contributed by atoms with E-state index in [-0.39, 0.29) is 0 Å². The number of halogens is 1. The highest BCUT2D eigenvalue weighted by Gasteiger charge is 2.10. The zero-order valence-corrected chi connectivity index (χ0v) is 13.5. The molecule has 0 spiro atoms. The molecule has 3 aromatic heterocycles. The van der Waals surface area contributed by atoms with Crippen molar-refractivity contribution in [2.24, 2.45) is 7.05 Å². The van der Waals surface area contributed by atoms with Crippen molar-refractivity contribution in [3.8, 4) is 16.9 Å². The van der Waals surface area contributed by atoms with Gasteiger partial charge < -0.3 is 4.57 Å². The summed E-state index contributed by atoms with van der Waals surface area (Å²) in [5, 5.41) is 6.70. The third-order valence-corrected chi connectivity index (χ3v) is 4.08. The van der Waals surface area contributed by atoms with Crippen molar-refractivity contribution >= 4 is 22.4 Å². The number of fused-ring (bicyclic) bond motifs is 1. The van der Waals surface area contributed by atoms with Gasteiger partial charge in [-0.3, -0.25) is 4.68 Å². The number of hydrogen-bond acceptors (Lipinski definition) is 3. The van der Waals surface area contributed by atoms with Crippen LogP contribution in [0.4, 0.5) is 0 Å². The Morgan fingerprint density at radius 1 is 1.13 bits per heavy atom. The lowest BCUT2D eigenvalue weighted by atomic mass is 10.1. The van der Waals surface area contributed by atoms with E-state index in [1.165, 1.54) is 0 Å². The maximum Gasteiger partial charge on any atom is 0.137 e. The minimum absolute atomic E-state index is 0.523. The van der Waals surface area contributed by atoms with Crippen LogP contribution < -0.4 is 0 Å². The second-order valence-corrected chi connectivity index (χ2v) is 5.85. The average Bonchev–Trinajstić information content (AvgIpc) is 3.15. The van der Waals surface area contributed by atoms with Gasteiger partial charge in [0.15, 0.2) is 0 Å². The van der Waals surface area contributed by atoms with E-state index in [1.54, 1.807) is 17.2 Å². The lowest BCUT2D eigenvalue weighted by Crippen LogP contribution is -1.94. The summed E-state index contributed by atoms with van der Waals surface area (Å²) >= 11 is 6.28. The first-order chi connectivity index (χ1) is 11.1. The molecule has 0 aliphatic rings. The van der Waals surface area contributed by atoms with Crippen LogP contribution in [0.2, 0.25) is 5.15 Å². The fourth-order valence-electron chi connectivity index (χ4n) is 2.72. The van der Waals surface area contributed by atoms with Crippen LogP contribution in [0.1, 0.15) is 5.69 Å². The summed E-state index contributed by atoms with van der Waals surface area (Å²) < 4.78 is 3.77. The van der Waals surface area contributed by atoms with Crippen molar-refractivity contribution in [2.75, 3.05) is 0 Å². The standard InChI is InChI=1S/C17H14ClN5/c1-11-6-14-13(17(18)21-11)4-3-5-16(14)23-9-15(19-10-23)12-7-20-22(2)8-12/h3-10H,1-2H3. The maximum absolute atomic E-state index is 6.28. The van der Waals surface area contributed by atoms with Crippen molar-refractivity contribution in [3.63, 3.8) is 0 Å². The number of aromatic nitrogens is 5. The van der Waals surface area contributed by atoms with Crippen LogP contribution in [-0.4, -0.2) is 24.3 Å². The predicted molar refractivity (Wildman–Crippen MR) is 90.8 cm³/mol. The Hall–Kier alpha value is -2.66. The van der Waals surface area contributed by atoms with Crippen LogP contribution in [0.15, 0.2) is 49.2 Å². The molecule has 0 saturated heterocycles. The summed E-state index contributed by atoms with van der Waals surface area (Å²) in [4.78, 5) is 8.81. The first-order valence-electron chi connectivity index (χ1n) is 7.21. The molecule has 1 aromatic carbocycles. The molecule has 0 N–H and O–H groups in total. The van der Waals surface area contributed by atoms with Crippen LogP contribution in [0.3, 0.4) is 0 Å². The molecule has 0 saturated carbocycles. The Morgan fingerprint density at radius 3 is 2.78 bits per heavy atom. The van der Waals surface area contributed by atoms with Crippen LogP contribution in [0, 0.1) is 6.92 Å². The smallest absolute Gasteiger partial charge is 0.137 e. The topological polar surface area (TPSA) is 48.5 Å². The Labute approximate surface area is 138 Å². The molecule has 0 radical (unpaired) electrons. The molecule has 0 aliphatic carbocycles. The summed E-state index contributed by atoms with van der Waals surface area (Å²) in [6.45, 7) is 1.94. The fourth-order valence-corrected chi connectivity index (χ4v) is 3.02. The number of hydrogen-bond donors (Lipinski definition) is 0. The van der Waals surface area contributed by atoms with Crippen LogP contribution >= 0.6 is 11.6 Å². The van der Waals surface area contributed by atoms with Gasteiger partial charge in [0.25, 0.3) is 0 Å². The quantitative estimate of drug-likeness (QED) is 0.527. The second-order valence-electron chi connectivity index (χ2n) is 5.50. The van der Waals surface area contributed by atoms with E-state index in [2.05, 4.69) is 15.1 Å². The number of imidazole rings is 1. The first kappa shape index (κ1) is 14.0. The largest absolute Gasteiger partial charge is 0.305 e. The molecule has 0 amide bonds. The molecule has 0 fully saturated rings. The number of pyridine rings is 1. The zero-order chi connectivity index (χ0) is 16.0. The lowest BCUT2D eigenvalue weighted by molar-refractivity contribution is 0.768. The first-order valence-corrected chi connectivity index (χ1v) is 7.59. The average molecular weight is 324 g/mol. The van der Waals surface area contributed by atoms with Gasteiger partial charge in [-0.25, -0.2) is 9.97 Å². The highest BCUT2D eigenvalue weighted by atomic mass is 35.5. The Bertz CT molecular complexity index is 1010. The molecular weight excluding hydrogens is 310 g/mol. The maximum atomic E-state index is 6.28. The molecule has 0 unspecified atom stereocenters. The van der Waals surface area contributed by atoms with Crippen LogP contribution in [0.25, 0.3) is 27.7 Å². The van der Waals surface area contributed by atoms with Crippen LogP contribution in [0.5, 0.6) is 0 Å². The molecule has 0 atom stereocenters. The highest BCUT2D eigenvalue weighted by Crippen LogP contribution is 2.28. The van der Waals surface area contributed by atoms with Gasteiger partial charge in [-0.05, 0) is 19.1 Å². The van der Waals surface area contributed by atoms with Gasteiger partial charge in [-0.2, -0.15) is 5.10 Å². The van der Waals surface area contributed by atoms with Gasteiger partial charge in [0.2, 0.25) is 0 Å². The van der Waals surface area contributed by atoms with E-state index in [0.29, 0.717) is 5.15 Å². The minimum atomic E-state index is 0.523. The van der Waals surface area contributed by atoms with E-state index in [9.17, 15) is 0 Å². The summed E-state index contributed by atoms with van der Waals surface area (Å²) in [5.41, 5.74) is 3.79. The number of aryl methyl sites for hydroxylation is 2. The van der Waals surface area contributed by atoms with Gasteiger partial charge in [0.05, 0.1) is 23.9 Å². The highest BCUT2D eigenvalue weighted by molar-refractivity contribution is 6.34. The van der Waals surface area contributed by atoms with Crippen molar-refractivity contribution in [1.82, 2.24) is 24.3 Å². The molecular formula is C17H14ClN5. The molecule has 23 heavy (non-hydrogen) atoms. The van der Waals surface area contributed by atoms with Gasteiger partial charge in [-0.15, -0.1) is 0 Å². The monoisotopic (exact) mass is 323 g/mol. The van der Waals surface area contributed by atoms with Gasteiger partial charge in [0, 0.05) is 41.5 Å². The fraction of sp³-hybridized carbons (Fsp3) is 0.118. The van der Waals surface area contributed by atoms with Crippen molar-refractivity contribution in [2.45, 2.75) is 6.92 Å². The Morgan fingerprint density at radius 2 is 2.00 bits per heavy atom. The molecule has 4 rings (SSSR count). The Balaban J connectivity index is 1.88.